The quantitative estimate of drug-likeness (QED) is 0.129. The Bertz CT molecular complexity index is 1800. The number of benzene rings is 4. The SMILES string of the molecule is CC(C)c1cccc(C(C)C)c1-n1ccnc1-c1[c-]c(Sc2[c-]c(-c3nccn3-c3c(C(C)C)cccc3C(C)C)ccc2)ccc1.[Pt+2]. The maximum Gasteiger partial charge on any atom is 2.00 e. The van der Waals surface area contributed by atoms with E-state index in [9.17, 15) is 0 Å². The molecule has 0 unspecified atom stereocenters. The fraction of sp³-hybridized carbons (Fsp3) is 0.286. The van der Waals surface area contributed by atoms with Gasteiger partial charge in [0.15, 0.2) is 0 Å². The van der Waals surface area contributed by atoms with Gasteiger partial charge in [0.05, 0.1) is 11.6 Å². The molecule has 6 heteroatoms. The van der Waals surface area contributed by atoms with E-state index in [1.54, 1.807) is 11.8 Å². The van der Waals surface area contributed by atoms with Crippen LogP contribution in [-0.2, 0) is 21.1 Å². The van der Waals surface area contributed by atoms with E-state index in [-0.39, 0.29) is 21.1 Å². The molecule has 2 aromatic heterocycles. The molecule has 4 nitrogen and oxygen atoms in total. The summed E-state index contributed by atoms with van der Waals surface area (Å²) >= 11 is 1.66. The second-order valence-electron chi connectivity index (χ2n) is 13.4. The van der Waals surface area contributed by atoms with Gasteiger partial charge in [-0.2, -0.15) is 0 Å². The zero-order valence-electron chi connectivity index (χ0n) is 29.1. The second-order valence-corrected chi connectivity index (χ2v) is 14.5. The van der Waals surface area contributed by atoms with Crippen molar-refractivity contribution in [3.63, 3.8) is 0 Å². The van der Waals surface area contributed by atoms with E-state index in [2.05, 4.69) is 162 Å². The van der Waals surface area contributed by atoms with Gasteiger partial charge in [-0.15, -0.1) is 71.4 Å². The molecule has 248 valence electrons. The normalized spacial score (nSPS) is 11.6. The summed E-state index contributed by atoms with van der Waals surface area (Å²) in [6.45, 7) is 18.0. The van der Waals surface area contributed by atoms with Crippen molar-refractivity contribution in [3.05, 3.63) is 132 Å². The van der Waals surface area contributed by atoms with Crippen LogP contribution < -0.4 is 0 Å². The summed E-state index contributed by atoms with van der Waals surface area (Å²) in [5.74, 6) is 3.34. The molecule has 0 aliphatic rings. The molecular formula is C42H44N4PtS. The molecular weight excluding hydrogens is 788 g/mol. The number of para-hydroxylation sites is 2. The van der Waals surface area contributed by atoms with Crippen LogP contribution >= 0.6 is 11.8 Å². The predicted molar refractivity (Wildman–Crippen MR) is 196 cm³/mol. The Morgan fingerprint density at radius 3 is 1.17 bits per heavy atom. The first-order chi connectivity index (χ1) is 22.6. The van der Waals surface area contributed by atoms with Gasteiger partial charge < -0.3 is 9.13 Å². The van der Waals surface area contributed by atoms with Gasteiger partial charge in [0, 0.05) is 36.2 Å². The van der Waals surface area contributed by atoms with Gasteiger partial charge in [-0.25, -0.2) is 0 Å². The van der Waals surface area contributed by atoms with Crippen molar-refractivity contribution in [2.45, 2.75) is 88.9 Å². The summed E-state index contributed by atoms with van der Waals surface area (Å²) in [7, 11) is 0. The minimum atomic E-state index is 0. The van der Waals surface area contributed by atoms with Crippen LogP contribution in [0, 0.1) is 12.1 Å². The van der Waals surface area contributed by atoms with E-state index in [1.165, 1.54) is 33.6 Å². The number of rotatable bonds is 10. The molecule has 0 aliphatic carbocycles. The molecule has 0 N–H and O–H groups in total. The number of imidazole rings is 2. The van der Waals surface area contributed by atoms with Gasteiger partial charge in [0.25, 0.3) is 0 Å². The third-order valence-corrected chi connectivity index (χ3v) is 9.60. The molecule has 0 radical (unpaired) electrons. The molecule has 0 amide bonds. The molecule has 0 aliphatic heterocycles. The van der Waals surface area contributed by atoms with E-state index >= 15 is 0 Å². The van der Waals surface area contributed by atoms with Crippen LogP contribution in [-0.4, -0.2) is 19.1 Å². The Morgan fingerprint density at radius 2 is 0.833 bits per heavy atom. The first kappa shape index (κ1) is 35.6. The zero-order valence-corrected chi connectivity index (χ0v) is 32.1. The number of hydrogen-bond donors (Lipinski definition) is 0. The Labute approximate surface area is 305 Å². The maximum absolute atomic E-state index is 4.84. The van der Waals surface area contributed by atoms with Crippen molar-refractivity contribution in [2.24, 2.45) is 0 Å². The molecule has 0 atom stereocenters. The fourth-order valence-electron chi connectivity index (χ4n) is 6.34. The molecule has 48 heavy (non-hydrogen) atoms. The van der Waals surface area contributed by atoms with Gasteiger partial charge in [-0.3, -0.25) is 9.97 Å². The van der Waals surface area contributed by atoms with Crippen molar-refractivity contribution < 1.29 is 21.1 Å². The van der Waals surface area contributed by atoms with E-state index in [0.29, 0.717) is 23.7 Å². The zero-order chi connectivity index (χ0) is 33.2. The summed E-state index contributed by atoms with van der Waals surface area (Å²) in [6, 6.07) is 33.3. The fourth-order valence-corrected chi connectivity index (χ4v) is 7.19. The smallest absolute Gasteiger partial charge is 0.340 e. The summed E-state index contributed by atoms with van der Waals surface area (Å²) in [6.07, 6.45) is 7.95. The molecule has 0 spiro atoms. The molecule has 0 saturated carbocycles. The van der Waals surface area contributed by atoms with Gasteiger partial charge in [-0.1, -0.05) is 102 Å². The molecule has 6 rings (SSSR count). The van der Waals surface area contributed by atoms with Crippen LogP contribution in [0.15, 0.2) is 107 Å². The van der Waals surface area contributed by atoms with Gasteiger partial charge in [0.2, 0.25) is 0 Å². The monoisotopic (exact) mass is 831 g/mol. The van der Waals surface area contributed by atoms with E-state index in [1.807, 2.05) is 12.4 Å². The second kappa shape index (κ2) is 15.3. The van der Waals surface area contributed by atoms with Crippen molar-refractivity contribution in [2.75, 3.05) is 0 Å². The average molecular weight is 832 g/mol. The molecule has 6 aromatic rings. The van der Waals surface area contributed by atoms with Crippen molar-refractivity contribution in [3.8, 4) is 34.2 Å². The molecule has 2 heterocycles. The molecule has 0 fully saturated rings. The first-order valence-corrected chi connectivity index (χ1v) is 17.5. The third-order valence-electron chi connectivity index (χ3n) is 8.69. The Balaban J connectivity index is 0.00000451. The topological polar surface area (TPSA) is 35.6 Å². The van der Waals surface area contributed by atoms with Gasteiger partial charge in [-0.05, 0) is 45.9 Å². The van der Waals surface area contributed by atoms with Crippen molar-refractivity contribution >= 4 is 11.8 Å². The maximum atomic E-state index is 4.84. The summed E-state index contributed by atoms with van der Waals surface area (Å²) in [5.41, 5.74) is 9.67. The Hall–Kier alpha value is -3.66. The van der Waals surface area contributed by atoms with Gasteiger partial charge in [0.1, 0.15) is 0 Å². The van der Waals surface area contributed by atoms with Gasteiger partial charge >= 0.3 is 21.1 Å². The standard InChI is InChI=1S/C42H44N4S.Pt/c1-27(2)35-17-11-18-36(28(3)4)39(35)45-23-21-43-41(45)31-13-9-15-33(25-31)47-34-16-10-14-32(26-34)42-44-22-24-46(42)40-37(29(5)6)19-12-20-38(40)30(7)8;/h9-24,27-30H,1-8H3;/q-2;+2. The number of nitrogens with zero attached hydrogens (tertiary/aromatic N) is 4. The first-order valence-electron chi connectivity index (χ1n) is 16.7. The van der Waals surface area contributed by atoms with Crippen LogP contribution in [0.5, 0.6) is 0 Å². The van der Waals surface area contributed by atoms with E-state index in [0.717, 1.165) is 32.6 Å². The Kier molecular flexibility index (Phi) is 11.3. The number of aromatic nitrogens is 4. The van der Waals surface area contributed by atoms with Crippen LogP contribution in [0.1, 0.15) is 101 Å². The third kappa shape index (κ3) is 7.19. The van der Waals surface area contributed by atoms with Crippen LogP contribution in [0.2, 0.25) is 0 Å². The van der Waals surface area contributed by atoms with E-state index < -0.39 is 0 Å². The molecule has 4 aromatic carbocycles. The number of hydrogen-bond acceptors (Lipinski definition) is 3. The minimum absolute atomic E-state index is 0. The minimum Gasteiger partial charge on any atom is -0.340 e. The largest absolute Gasteiger partial charge is 2.00 e. The van der Waals surface area contributed by atoms with E-state index in [4.69, 9.17) is 9.97 Å². The predicted octanol–water partition coefficient (Wildman–Crippen LogP) is 11.6. The Morgan fingerprint density at radius 1 is 0.500 bits per heavy atom. The molecule has 0 bridgehead atoms. The average Bonchev–Trinajstić information content (AvgIpc) is 3.75. The van der Waals surface area contributed by atoms with Crippen molar-refractivity contribution in [1.29, 1.82) is 0 Å². The molecule has 0 saturated heterocycles. The summed E-state index contributed by atoms with van der Waals surface area (Å²) in [5, 5.41) is 0. The van der Waals surface area contributed by atoms with Crippen LogP contribution in [0.4, 0.5) is 0 Å². The van der Waals surface area contributed by atoms with Crippen LogP contribution in [0.25, 0.3) is 34.2 Å². The van der Waals surface area contributed by atoms with Crippen LogP contribution in [0.3, 0.4) is 0 Å². The summed E-state index contributed by atoms with van der Waals surface area (Å²) < 4.78 is 4.50. The summed E-state index contributed by atoms with van der Waals surface area (Å²) in [4.78, 5) is 11.7. The van der Waals surface area contributed by atoms with Crippen molar-refractivity contribution in [1.82, 2.24) is 19.1 Å².